The van der Waals surface area contributed by atoms with Gasteiger partial charge >= 0.3 is 10.8 Å². The Morgan fingerprint density at radius 1 is 1.03 bits per heavy atom. The molecule has 10 heteroatoms. The molecule has 34 heavy (non-hydrogen) atoms. The Kier molecular flexibility index (Phi) is 6.09. The molecule has 1 fully saturated rings. The van der Waals surface area contributed by atoms with Crippen LogP contribution in [0.1, 0.15) is 23.3 Å². The van der Waals surface area contributed by atoms with Gasteiger partial charge < -0.3 is 4.74 Å². The van der Waals surface area contributed by atoms with E-state index in [4.69, 9.17) is 16.3 Å². The zero-order valence-electron chi connectivity index (χ0n) is 18.0. The molecule has 2 aromatic carbocycles. The van der Waals surface area contributed by atoms with Gasteiger partial charge in [-0.3, -0.25) is 23.7 Å². The Hall–Kier alpha value is -2.88. The highest BCUT2D eigenvalue weighted by Crippen LogP contribution is 2.53. The average Bonchev–Trinajstić information content (AvgIpc) is 3.27. The number of carbonyl (C=O) groups is 3. The maximum atomic E-state index is 13.7. The Morgan fingerprint density at radius 2 is 1.74 bits per heavy atom. The van der Waals surface area contributed by atoms with Crippen molar-refractivity contribution in [3.05, 3.63) is 79.7 Å². The van der Waals surface area contributed by atoms with Gasteiger partial charge in [0.05, 0.1) is 23.2 Å². The van der Waals surface area contributed by atoms with Gasteiger partial charge in [-0.05, 0) is 36.8 Å². The number of hydrogen-bond donors (Lipinski definition) is 0. The van der Waals surface area contributed by atoms with Crippen molar-refractivity contribution < 1.29 is 19.1 Å². The number of thiazole rings is 1. The van der Waals surface area contributed by atoms with Crippen molar-refractivity contribution >= 4 is 58.2 Å². The van der Waals surface area contributed by atoms with Crippen LogP contribution in [0, 0.1) is 5.92 Å². The predicted molar refractivity (Wildman–Crippen MR) is 131 cm³/mol. The summed E-state index contributed by atoms with van der Waals surface area (Å²) in [6.07, 6.45) is 0. The Morgan fingerprint density at radius 3 is 2.41 bits per heavy atom. The van der Waals surface area contributed by atoms with E-state index in [2.05, 4.69) is 0 Å². The number of halogens is 1. The van der Waals surface area contributed by atoms with E-state index in [1.807, 2.05) is 30.3 Å². The minimum Gasteiger partial charge on any atom is -0.465 e. The minimum atomic E-state index is -0.733. The second-order valence-corrected chi connectivity index (χ2v) is 10.4. The van der Waals surface area contributed by atoms with Crippen LogP contribution in [0.3, 0.4) is 0 Å². The second kappa shape index (κ2) is 9.05. The molecule has 2 amide bonds. The van der Waals surface area contributed by atoms with E-state index < -0.39 is 23.1 Å². The predicted octanol–water partition coefficient (Wildman–Crippen LogP) is 3.92. The second-order valence-electron chi connectivity index (χ2n) is 7.87. The fourth-order valence-corrected chi connectivity index (χ4v) is 7.35. The summed E-state index contributed by atoms with van der Waals surface area (Å²) in [5.41, 5.74) is 1.29. The highest BCUT2D eigenvalue weighted by atomic mass is 35.5. The standard InChI is InChI=1S/C24H19ClN2O5S2/c1-2-32-16(28)12-26-23-20(34-24(26)31)17(13-6-4-3-5-7-13)18-19(33-23)22(30)27(21(18)29)15-10-8-14(25)9-11-15/h3-11,17-19H,2,12H2,1H3/t17-,18-,19+/m0/s1. The Labute approximate surface area is 208 Å². The number of aromatic nitrogens is 1. The van der Waals surface area contributed by atoms with Crippen LogP contribution in [0.15, 0.2) is 64.4 Å². The molecule has 3 atom stereocenters. The van der Waals surface area contributed by atoms with Crippen LogP contribution in [0.5, 0.6) is 0 Å². The largest absolute Gasteiger partial charge is 0.465 e. The third-order valence-corrected chi connectivity index (χ3v) is 8.74. The Bertz CT molecular complexity index is 1340. The number of hydrogen-bond acceptors (Lipinski definition) is 7. The molecule has 0 bridgehead atoms. The summed E-state index contributed by atoms with van der Waals surface area (Å²) in [6, 6.07) is 15.9. The minimum absolute atomic E-state index is 0.202. The van der Waals surface area contributed by atoms with Gasteiger partial charge in [0.25, 0.3) is 0 Å². The van der Waals surface area contributed by atoms with Gasteiger partial charge in [-0.25, -0.2) is 4.90 Å². The first-order chi connectivity index (χ1) is 16.4. The molecule has 0 saturated carbocycles. The number of benzene rings is 2. The monoisotopic (exact) mass is 514 g/mol. The number of anilines is 1. The molecule has 174 valence electrons. The van der Waals surface area contributed by atoms with Crippen molar-refractivity contribution in [2.75, 3.05) is 11.5 Å². The lowest BCUT2D eigenvalue weighted by molar-refractivity contribution is -0.144. The maximum absolute atomic E-state index is 13.7. The SMILES string of the molecule is CCOC(=O)Cn1c2c(sc1=O)[C@@H](c1ccccc1)[C@@H]1C(=O)N(c3ccc(Cl)cc3)C(=O)[C@@H]1S2. The number of nitrogens with zero attached hydrogens (tertiary/aromatic N) is 2. The normalized spacial score (nSPS) is 21.4. The number of imide groups is 1. The van der Waals surface area contributed by atoms with Gasteiger partial charge in [0.1, 0.15) is 11.8 Å². The van der Waals surface area contributed by atoms with Crippen LogP contribution in [0.2, 0.25) is 5.02 Å². The van der Waals surface area contributed by atoms with Crippen LogP contribution in [-0.2, 0) is 25.7 Å². The number of thioether (sulfide) groups is 1. The van der Waals surface area contributed by atoms with Gasteiger partial charge in [-0.15, -0.1) is 0 Å². The zero-order valence-corrected chi connectivity index (χ0v) is 20.4. The summed E-state index contributed by atoms with van der Waals surface area (Å²) in [5, 5.41) is 0.308. The van der Waals surface area contributed by atoms with Gasteiger partial charge in [-0.2, -0.15) is 0 Å². The van der Waals surface area contributed by atoms with E-state index in [1.54, 1.807) is 31.2 Å². The number of fused-ring (bicyclic) bond motifs is 2. The number of ether oxygens (including phenoxy) is 1. The molecule has 0 spiro atoms. The van der Waals surface area contributed by atoms with Crippen LogP contribution < -0.4 is 9.77 Å². The van der Waals surface area contributed by atoms with Crippen molar-refractivity contribution in [1.29, 1.82) is 0 Å². The number of amides is 2. The molecule has 0 radical (unpaired) electrons. The summed E-state index contributed by atoms with van der Waals surface area (Å²) in [7, 11) is 0. The van der Waals surface area contributed by atoms with E-state index in [-0.39, 0.29) is 29.8 Å². The Balaban J connectivity index is 1.63. The van der Waals surface area contributed by atoms with Gasteiger partial charge in [0, 0.05) is 15.8 Å². The first kappa shape index (κ1) is 22.9. The summed E-state index contributed by atoms with van der Waals surface area (Å²) in [6.45, 7) is 1.66. The quantitative estimate of drug-likeness (QED) is 0.379. The van der Waals surface area contributed by atoms with E-state index in [9.17, 15) is 19.2 Å². The number of rotatable bonds is 5. The molecule has 0 unspecified atom stereocenters. The zero-order chi connectivity index (χ0) is 24.0. The van der Waals surface area contributed by atoms with Crippen LogP contribution >= 0.6 is 34.7 Å². The third kappa shape index (κ3) is 3.77. The first-order valence-corrected chi connectivity index (χ1v) is 12.7. The van der Waals surface area contributed by atoms with Crippen LogP contribution in [0.4, 0.5) is 5.69 Å². The van der Waals surface area contributed by atoms with Crippen molar-refractivity contribution in [2.45, 2.75) is 29.7 Å². The van der Waals surface area contributed by atoms with Crippen LogP contribution in [-0.4, -0.2) is 34.2 Å². The van der Waals surface area contributed by atoms with Crippen molar-refractivity contribution in [1.82, 2.24) is 4.57 Å². The smallest absolute Gasteiger partial charge is 0.326 e. The highest BCUT2D eigenvalue weighted by Gasteiger charge is 2.56. The highest BCUT2D eigenvalue weighted by molar-refractivity contribution is 8.00. The van der Waals surface area contributed by atoms with Crippen molar-refractivity contribution in [3.63, 3.8) is 0 Å². The maximum Gasteiger partial charge on any atom is 0.326 e. The lowest BCUT2D eigenvalue weighted by Crippen LogP contribution is -2.32. The average molecular weight is 515 g/mol. The van der Waals surface area contributed by atoms with E-state index in [0.717, 1.165) is 16.9 Å². The fourth-order valence-electron chi connectivity index (χ4n) is 4.46. The molecule has 3 heterocycles. The molecule has 1 saturated heterocycles. The third-order valence-electron chi connectivity index (χ3n) is 5.89. The van der Waals surface area contributed by atoms with Gasteiger partial charge in [-0.1, -0.05) is 65.0 Å². The number of esters is 1. The van der Waals surface area contributed by atoms with Gasteiger partial charge in [0.15, 0.2) is 0 Å². The lowest BCUT2D eigenvalue weighted by Gasteiger charge is -2.30. The summed E-state index contributed by atoms with van der Waals surface area (Å²) in [5.74, 6) is -2.37. The van der Waals surface area contributed by atoms with Crippen molar-refractivity contribution in [2.24, 2.45) is 5.92 Å². The molecule has 7 nitrogen and oxygen atoms in total. The molecule has 3 aromatic rings. The first-order valence-electron chi connectivity index (χ1n) is 10.6. The molecular formula is C24H19ClN2O5S2. The molecule has 5 rings (SSSR count). The topological polar surface area (TPSA) is 85.7 Å². The molecule has 2 aliphatic heterocycles. The molecule has 0 aliphatic carbocycles. The summed E-state index contributed by atoms with van der Waals surface area (Å²) >= 11 is 8.18. The lowest BCUT2D eigenvalue weighted by atomic mass is 9.83. The number of carbonyl (C=O) groups excluding carboxylic acids is 3. The molecular weight excluding hydrogens is 496 g/mol. The van der Waals surface area contributed by atoms with E-state index in [0.29, 0.717) is 20.6 Å². The fraction of sp³-hybridized carbons (Fsp3) is 0.250. The van der Waals surface area contributed by atoms with Gasteiger partial charge in [0.2, 0.25) is 11.8 Å². The molecule has 2 aliphatic rings. The summed E-state index contributed by atoms with van der Waals surface area (Å²) in [4.78, 5) is 53.9. The molecule has 0 N–H and O–H groups in total. The summed E-state index contributed by atoms with van der Waals surface area (Å²) < 4.78 is 6.40. The van der Waals surface area contributed by atoms with Crippen molar-refractivity contribution in [3.8, 4) is 0 Å². The molecule has 1 aromatic heterocycles. The van der Waals surface area contributed by atoms with E-state index in [1.165, 1.54) is 21.2 Å². The van der Waals surface area contributed by atoms with Crippen LogP contribution in [0.25, 0.3) is 0 Å². The van der Waals surface area contributed by atoms with E-state index >= 15 is 0 Å².